The van der Waals surface area contributed by atoms with E-state index in [0.717, 1.165) is 6.07 Å². The monoisotopic (exact) mass is 542 g/mol. The van der Waals surface area contributed by atoms with Crippen LogP contribution in [0.25, 0.3) is 0 Å². The molecule has 4 aliphatic rings. The Bertz CT molecular complexity index is 1670. The Hall–Kier alpha value is -4.93. The molecule has 3 aliphatic heterocycles. The molecule has 5 atom stereocenters. The summed E-state index contributed by atoms with van der Waals surface area (Å²) in [5.41, 5.74) is 1.26. The van der Waals surface area contributed by atoms with E-state index in [2.05, 4.69) is 0 Å². The Morgan fingerprint density at radius 1 is 0.800 bits per heavy atom. The molecule has 40 heavy (non-hydrogen) atoms. The fourth-order valence-corrected chi connectivity index (χ4v) is 5.82. The van der Waals surface area contributed by atoms with Crippen LogP contribution in [-0.2, 0) is 20.1 Å². The van der Waals surface area contributed by atoms with Gasteiger partial charge in [-0.25, -0.2) is 0 Å². The van der Waals surface area contributed by atoms with E-state index >= 15 is 0 Å². The number of phenols is 4. The number of allylic oxidation sites excluding steroid dienone is 3. The normalized spacial score (nSPS) is 28.1. The molecule has 1 fully saturated rings. The summed E-state index contributed by atoms with van der Waals surface area (Å²) in [5, 5.41) is 63.5. The van der Waals surface area contributed by atoms with Gasteiger partial charge in [0.1, 0.15) is 52.5 Å². The first-order valence-electron chi connectivity index (χ1n) is 12.4. The highest BCUT2D eigenvalue weighted by Crippen LogP contribution is 2.60. The molecular formula is C30H22O10. The highest BCUT2D eigenvalue weighted by atomic mass is 16.7. The van der Waals surface area contributed by atoms with E-state index in [1.807, 2.05) is 0 Å². The van der Waals surface area contributed by atoms with Crippen LogP contribution in [0.3, 0.4) is 0 Å². The van der Waals surface area contributed by atoms with Gasteiger partial charge in [0.05, 0.1) is 11.5 Å². The summed E-state index contributed by atoms with van der Waals surface area (Å²) in [6.45, 7) is 0. The Balaban J connectivity index is 1.47. The largest absolute Gasteiger partial charge is 0.508 e. The second-order valence-electron chi connectivity index (χ2n) is 10.0. The van der Waals surface area contributed by atoms with Crippen LogP contribution in [0.1, 0.15) is 28.7 Å². The zero-order valence-electron chi connectivity index (χ0n) is 20.6. The minimum atomic E-state index is -1.92. The number of hydrogen-bond donors (Lipinski definition) is 6. The molecule has 3 heterocycles. The summed E-state index contributed by atoms with van der Waals surface area (Å²) in [6, 6.07) is 14.2. The van der Waals surface area contributed by atoms with Gasteiger partial charge in [-0.1, -0.05) is 12.1 Å². The van der Waals surface area contributed by atoms with E-state index < -0.39 is 35.8 Å². The van der Waals surface area contributed by atoms with Gasteiger partial charge in [0, 0.05) is 34.9 Å². The predicted octanol–water partition coefficient (Wildman–Crippen LogP) is 3.01. The van der Waals surface area contributed by atoms with Crippen LogP contribution in [0.2, 0.25) is 0 Å². The first kappa shape index (κ1) is 24.1. The molecule has 3 aromatic rings. The maximum Gasteiger partial charge on any atom is 0.305 e. The average Bonchev–Trinajstić information content (AvgIpc) is 2.90. The number of aliphatic hydroxyl groups excluding tert-OH is 2. The highest BCUT2D eigenvalue weighted by Gasteiger charge is 2.61. The second kappa shape index (κ2) is 8.28. The Morgan fingerprint density at radius 3 is 2.17 bits per heavy atom. The summed E-state index contributed by atoms with van der Waals surface area (Å²) in [4.78, 5) is 13.3. The van der Waals surface area contributed by atoms with Gasteiger partial charge in [0.15, 0.2) is 11.9 Å². The third-order valence-electron chi connectivity index (χ3n) is 7.62. The van der Waals surface area contributed by atoms with Crippen molar-refractivity contribution in [1.29, 1.82) is 0 Å². The minimum Gasteiger partial charge on any atom is -0.508 e. The van der Waals surface area contributed by atoms with Gasteiger partial charge >= 0.3 is 5.79 Å². The molecule has 10 heteroatoms. The van der Waals surface area contributed by atoms with E-state index in [4.69, 9.17) is 14.2 Å². The lowest BCUT2D eigenvalue weighted by atomic mass is 9.72. The number of ketones is 1. The lowest BCUT2D eigenvalue weighted by Crippen LogP contribution is -2.57. The fourth-order valence-electron chi connectivity index (χ4n) is 5.82. The lowest BCUT2D eigenvalue weighted by molar-refractivity contribution is -0.251. The van der Waals surface area contributed by atoms with Crippen LogP contribution in [0.4, 0.5) is 0 Å². The van der Waals surface area contributed by atoms with Gasteiger partial charge < -0.3 is 44.8 Å². The molecule has 0 spiro atoms. The van der Waals surface area contributed by atoms with Crippen molar-refractivity contribution in [2.75, 3.05) is 0 Å². The number of carbonyl (C=O) groups excluding carboxylic acids is 1. The van der Waals surface area contributed by atoms with Crippen molar-refractivity contribution in [2.24, 2.45) is 0 Å². The van der Waals surface area contributed by atoms with E-state index in [9.17, 15) is 35.4 Å². The van der Waals surface area contributed by atoms with Crippen molar-refractivity contribution in [2.45, 2.75) is 30.0 Å². The van der Waals surface area contributed by atoms with Gasteiger partial charge in [-0.2, -0.15) is 0 Å². The summed E-state index contributed by atoms with van der Waals surface area (Å²) in [5.74, 6) is -4.05. The van der Waals surface area contributed by atoms with Crippen molar-refractivity contribution < 1.29 is 49.6 Å². The number of benzene rings is 3. The van der Waals surface area contributed by atoms with E-state index in [-0.39, 0.29) is 57.0 Å². The second-order valence-corrected chi connectivity index (χ2v) is 10.0. The van der Waals surface area contributed by atoms with Crippen molar-refractivity contribution in [3.05, 3.63) is 112 Å². The first-order valence-corrected chi connectivity index (χ1v) is 12.4. The molecule has 0 unspecified atom stereocenters. The summed E-state index contributed by atoms with van der Waals surface area (Å²) in [6.07, 6.45) is -1.10. The maximum absolute atomic E-state index is 13.3. The number of ether oxygens (including phenoxy) is 3. The predicted molar refractivity (Wildman–Crippen MR) is 136 cm³/mol. The van der Waals surface area contributed by atoms with Gasteiger partial charge in [-0.05, 0) is 48.0 Å². The molecule has 3 aromatic carbocycles. The Labute approximate surface area is 226 Å². The third kappa shape index (κ3) is 3.33. The SMILES string of the molecule is O=C1C=C2O[C@@]3(c4ccc(O)cc4)Oc4cc(O)cc(O)c4[C@@H](C2=C2O[C@H](c4ccc(O)cc4)[C@@H](O)C=C12)[C@@H]3O. The van der Waals surface area contributed by atoms with Crippen molar-refractivity contribution in [3.63, 3.8) is 0 Å². The lowest BCUT2D eigenvalue weighted by Gasteiger charge is -2.52. The standard InChI is InChI=1S/C30H22O10/c31-15-5-1-13(2-6-15)27-21(36)11-18-19(34)12-23-25(28(18)38-27)26-24-20(35)9-17(33)10-22(24)39-30(40-23,29(26)37)14-3-7-16(32)8-4-14/h1-12,21,26-27,29,31-33,35-37H/t21-,26-,27+,29-,30+/m0/s1. The molecule has 202 valence electrons. The van der Waals surface area contributed by atoms with Gasteiger partial charge in [0.25, 0.3) is 0 Å². The first-order chi connectivity index (χ1) is 19.2. The number of carbonyl (C=O) groups is 1. The van der Waals surface area contributed by atoms with E-state index in [1.54, 1.807) is 12.1 Å². The molecule has 0 radical (unpaired) electrons. The minimum absolute atomic E-state index is 0.0253. The molecule has 6 N–H and O–H groups in total. The molecule has 2 bridgehead atoms. The molecule has 0 amide bonds. The average molecular weight is 542 g/mol. The number of hydrogen-bond acceptors (Lipinski definition) is 10. The van der Waals surface area contributed by atoms with Crippen LogP contribution < -0.4 is 4.74 Å². The number of rotatable bonds is 2. The summed E-state index contributed by atoms with van der Waals surface area (Å²) < 4.78 is 18.7. The highest BCUT2D eigenvalue weighted by molar-refractivity contribution is 6.09. The molecule has 0 saturated carbocycles. The van der Waals surface area contributed by atoms with Crippen LogP contribution in [0, 0.1) is 0 Å². The quantitative estimate of drug-likeness (QED) is 0.283. The van der Waals surface area contributed by atoms with Gasteiger partial charge in [0.2, 0.25) is 0 Å². The molecule has 10 nitrogen and oxygen atoms in total. The Morgan fingerprint density at radius 2 is 1.48 bits per heavy atom. The van der Waals surface area contributed by atoms with Crippen LogP contribution in [0.15, 0.2) is 95.5 Å². The maximum atomic E-state index is 13.3. The smallest absolute Gasteiger partial charge is 0.305 e. The zero-order valence-corrected chi connectivity index (χ0v) is 20.6. The zero-order chi connectivity index (χ0) is 27.9. The molecule has 0 aromatic heterocycles. The topological polar surface area (TPSA) is 166 Å². The van der Waals surface area contributed by atoms with Crippen molar-refractivity contribution in [1.82, 2.24) is 0 Å². The molecule has 1 aliphatic carbocycles. The third-order valence-corrected chi connectivity index (χ3v) is 7.62. The number of aliphatic hydroxyl groups is 2. The number of phenolic OH excluding ortho intramolecular Hbond substituents is 4. The molecule has 7 rings (SSSR count). The summed E-state index contributed by atoms with van der Waals surface area (Å²) in [7, 11) is 0. The number of fused-ring (bicyclic) bond motifs is 7. The molecule has 1 saturated heterocycles. The number of aromatic hydroxyl groups is 4. The van der Waals surface area contributed by atoms with Gasteiger partial charge in [-0.15, -0.1) is 0 Å². The van der Waals surface area contributed by atoms with Crippen LogP contribution in [0.5, 0.6) is 28.7 Å². The van der Waals surface area contributed by atoms with Crippen LogP contribution >= 0.6 is 0 Å². The van der Waals surface area contributed by atoms with Crippen LogP contribution in [-0.4, -0.2) is 48.6 Å². The fraction of sp³-hybridized carbons (Fsp3) is 0.167. The summed E-state index contributed by atoms with van der Waals surface area (Å²) >= 11 is 0. The van der Waals surface area contributed by atoms with Crippen molar-refractivity contribution >= 4 is 5.78 Å². The van der Waals surface area contributed by atoms with Gasteiger partial charge in [-0.3, -0.25) is 4.79 Å². The van der Waals surface area contributed by atoms with E-state index in [1.165, 1.54) is 54.6 Å². The Kier molecular flexibility index (Phi) is 5.00. The van der Waals surface area contributed by atoms with Crippen molar-refractivity contribution in [3.8, 4) is 28.7 Å². The van der Waals surface area contributed by atoms with E-state index in [0.29, 0.717) is 11.1 Å². The molecular weight excluding hydrogens is 520 g/mol.